The number of aliphatic imine (C=N–C) groups is 1. The van der Waals surface area contributed by atoms with Gasteiger partial charge in [-0.15, -0.1) is 0 Å². The molecule has 0 saturated carbocycles. The van der Waals surface area contributed by atoms with E-state index in [2.05, 4.69) is 4.99 Å². The van der Waals surface area contributed by atoms with Gasteiger partial charge in [-0.3, -0.25) is 4.79 Å². The maximum absolute atomic E-state index is 11.9. The maximum Gasteiger partial charge on any atom is 0.247 e. The molecule has 2 atom stereocenters. The highest BCUT2D eigenvalue weighted by molar-refractivity contribution is 8.16. The molecule has 0 aromatic heterocycles. The summed E-state index contributed by atoms with van der Waals surface area (Å²) in [5.41, 5.74) is 0.621. The molecule has 0 N–H and O–H groups in total. The average molecular weight is 393 g/mol. The first kappa shape index (κ1) is 17.1. The lowest BCUT2D eigenvalue weighted by Gasteiger charge is -2.25. The number of anilines is 1. The summed E-state index contributed by atoms with van der Waals surface area (Å²) in [5.74, 6) is -0.128. The van der Waals surface area contributed by atoms with Gasteiger partial charge < -0.3 is 4.90 Å². The van der Waals surface area contributed by atoms with Gasteiger partial charge in [0.1, 0.15) is 0 Å². The number of fused-ring (bicyclic) bond motifs is 1. The Morgan fingerprint density at radius 1 is 1.39 bits per heavy atom. The first-order valence-corrected chi connectivity index (χ1v) is 10.5. The van der Waals surface area contributed by atoms with E-state index in [1.165, 1.54) is 11.8 Å². The smallest absolute Gasteiger partial charge is 0.247 e. The third kappa shape index (κ3) is 3.38. The largest absolute Gasteiger partial charge is 0.314 e. The van der Waals surface area contributed by atoms with Crippen molar-refractivity contribution in [2.24, 2.45) is 4.99 Å². The molecule has 1 amide bonds. The van der Waals surface area contributed by atoms with E-state index in [9.17, 15) is 13.2 Å². The molecule has 0 spiro atoms. The van der Waals surface area contributed by atoms with E-state index in [0.717, 1.165) is 0 Å². The number of sulfone groups is 1. The highest BCUT2D eigenvalue weighted by Crippen LogP contribution is 2.43. The van der Waals surface area contributed by atoms with Crippen molar-refractivity contribution in [3.05, 3.63) is 28.2 Å². The summed E-state index contributed by atoms with van der Waals surface area (Å²) in [5, 5.41) is 1.25. The Bertz CT molecular complexity index is 795. The van der Waals surface area contributed by atoms with Crippen LogP contribution in [0.2, 0.25) is 10.0 Å². The van der Waals surface area contributed by atoms with Crippen molar-refractivity contribution in [2.45, 2.75) is 24.6 Å². The molecule has 5 nitrogen and oxygen atoms in total. The van der Waals surface area contributed by atoms with E-state index < -0.39 is 9.84 Å². The number of halogens is 2. The number of rotatable bonds is 2. The third-order valence-corrected chi connectivity index (χ3v) is 7.51. The van der Waals surface area contributed by atoms with Crippen LogP contribution in [-0.2, 0) is 14.6 Å². The van der Waals surface area contributed by atoms with Crippen LogP contribution in [0.4, 0.5) is 5.69 Å². The Morgan fingerprint density at radius 2 is 2.13 bits per heavy atom. The van der Waals surface area contributed by atoms with Gasteiger partial charge in [0, 0.05) is 16.7 Å². The summed E-state index contributed by atoms with van der Waals surface area (Å²) < 4.78 is 23.9. The molecule has 1 aromatic carbocycles. The van der Waals surface area contributed by atoms with Crippen molar-refractivity contribution < 1.29 is 13.2 Å². The number of carbonyl (C=O) groups is 1. The Kier molecular flexibility index (Phi) is 4.66. The molecule has 3 rings (SSSR count). The standard InChI is InChI=1S/C14H14Cl2N2O3S2/c1-2-13(19)17-14-18(10-4-3-8(15)5-9(10)16)11-6-23(20,21)7-12(11)22-14/h3-5,11-12H,2,6-7H2,1H3/t11-,12-/m1/s1. The van der Waals surface area contributed by atoms with Crippen LogP contribution in [0.1, 0.15) is 13.3 Å². The normalized spacial score (nSPS) is 27.4. The molecular formula is C14H14Cl2N2O3S2. The van der Waals surface area contributed by atoms with E-state index in [4.69, 9.17) is 23.2 Å². The summed E-state index contributed by atoms with van der Waals surface area (Å²) in [7, 11) is -3.10. The molecule has 2 aliphatic rings. The van der Waals surface area contributed by atoms with Gasteiger partial charge in [-0.05, 0) is 18.2 Å². The number of carbonyl (C=O) groups excluding carboxylic acids is 1. The van der Waals surface area contributed by atoms with Gasteiger partial charge in [-0.25, -0.2) is 8.42 Å². The molecular weight excluding hydrogens is 379 g/mol. The zero-order valence-electron chi connectivity index (χ0n) is 12.2. The second kappa shape index (κ2) is 6.27. The summed E-state index contributed by atoms with van der Waals surface area (Å²) >= 11 is 13.5. The van der Waals surface area contributed by atoms with Gasteiger partial charge in [0.05, 0.1) is 28.3 Å². The molecule has 1 aromatic rings. The number of amides is 1. The lowest BCUT2D eigenvalue weighted by molar-refractivity contribution is -0.117. The van der Waals surface area contributed by atoms with Gasteiger partial charge in [0.25, 0.3) is 0 Å². The SMILES string of the molecule is CCC(=O)N=C1S[C@@H]2CS(=O)(=O)C[C@H]2N1c1ccc(Cl)cc1Cl. The van der Waals surface area contributed by atoms with Crippen molar-refractivity contribution >= 4 is 61.6 Å². The van der Waals surface area contributed by atoms with Crippen molar-refractivity contribution in [2.75, 3.05) is 16.4 Å². The topological polar surface area (TPSA) is 66.8 Å². The summed E-state index contributed by atoms with van der Waals surface area (Å²) in [6.07, 6.45) is 0.292. The minimum Gasteiger partial charge on any atom is -0.314 e. The van der Waals surface area contributed by atoms with Gasteiger partial charge in [0.2, 0.25) is 5.91 Å². The fourth-order valence-corrected chi connectivity index (χ4v) is 7.13. The van der Waals surface area contributed by atoms with Crippen LogP contribution in [0, 0.1) is 0 Å². The van der Waals surface area contributed by atoms with E-state index in [1.54, 1.807) is 30.0 Å². The van der Waals surface area contributed by atoms with Crippen LogP contribution in [0.25, 0.3) is 0 Å². The lowest BCUT2D eigenvalue weighted by Crippen LogP contribution is -2.37. The molecule has 2 heterocycles. The number of benzene rings is 1. The predicted octanol–water partition coefficient (Wildman–Crippen LogP) is 3.00. The van der Waals surface area contributed by atoms with E-state index in [-0.39, 0.29) is 28.7 Å². The lowest BCUT2D eigenvalue weighted by atomic mass is 10.2. The summed E-state index contributed by atoms with van der Waals surface area (Å²) in [6.45, 7) is 1.73. The minimum absolute atomic E-state index is 0.0307. The van der Waals surface area contributed by atoms with E-state index >= 15 is 0 Å². The molecule has 9 heteroatoms. The highest BCUT2D eigenvalue weighted by atomic mass is 35.5. The van der Waals surface area contributed by atoms with Crippen LogP contribution < -0.4 is 4.90 Å². The highest BCUT2D eigenvalue weighted by Gasteiger charge is 2.49. The zero-order valence-corrected chi connectivity index (χ0v) is 15.3. The fraction of sp³-hybridized carbons (Fsp3) is 0.429. The quantitative estimate of drug-likeness (QED) is 0.773. The third-order valence-electron chi connectivity index (χ3n) is 3.76. The molecule has 23 heavy (non-hydrogen) atoms. The monoisotopic (exact) mass is 392 g/mol. The number of hydrogen-bond donors (Lipinski definition) is 0. The van der Waals surface area contributed by atoms with E-state index in [1.807, 2.05) is 0 Å². The zero-order chi connectivity index (χ0) is 16.8. The molecule has 124 valence electrons. The van der Waals surface area contributed by atoms with Crippen molar-refractivity contribution in [3.8, 4) is 0 Å². The predicted molar refractivity (Wildman–Crippen MR) is 95.5 cm³/mol. The first-order chi connectivity index (χ1) is 10.8. The van der Waals surface area contributed by atoms with E-state index in [0.29, 0.717) is 27.3 Å². The van der Waals surface area contributed by atoms with Crippen LogP contribution in [0.3, 0.4) is 0 Å². The van der Waals surface area contributed by atoms with Gasteiger partial charge in [-0.2, -0.15) is 4.99 Å². The maximum atomic E-state index is 11.9. The Balaban J connectivity index is 2.06. The van der Waals surface area contributed by atoms with Crippen molar-refractivity contribution in [1.82, 2.24) is 0 Å². The molecule has 0 bridgehead atoms. The van der Waals surface area contributed by atoms with Gasteiger partial charge >= 0.3 is 0 Å². The Labute approximate surface area is 149 Å². The van der Waals surface area contributed by atoms with Crippen LogP contribution >= 0.6 is 35.0 Å². The second-order valence-electron chi connectivity index (χ2n) is 5.41. The summed E-state index contributed by atoms with van der Waals surface area (Å²) in [6, 6.07) is 4.74. The average Bonchev–Trinajstić information content (AvgIpc) is 2.91. The van der Waals surface area contributed by atoms with Gasteiger partial charge in [-0.1, -0.05) is 41.9 Å². The van der Waals surface area contributed by atoms with Crippen molar-refractivity contribution in [1.29, 1.82) is 0 Å². The summed E-state index contributed by atoms with van der Waals surface area (Å²) in [4.78, 5) is 17.6. The molecule has 2 aliphatic heterocycles. The Hall–Kier alpha value is -0.760. The van der Waals surface area contributed by atoms with Crippen LogP contribution in [-0.4, -0.2) is 42.3 Å². The first-order valence-electron chi connectivity index (χ1n) is 7.03. The number of hydrogen-bond acceptors (Lipinski definition) is 4. The number of thioether (sulfide) groups is 1. The van der Waals surface area contributed by atoms with Crippen LogP contribution in [0.15, 0.2) is 23.2 Å². The molecule has 2 saturated heterocycles. The van der Waals surface area contributed by atoms with Crippen LogP contribution in [0.5, 0.6) is 0 Å². The second-order valence-corrected chi connectivity index (χ2v) is 9.61. The molecule has 0 radical (unpaired) electrons. The van der Waals surface area contributed by atoms with Gasteiger partial charge in [0.15, 0.2) is 15.0 Å². The molecule has 0 unspecified atom stereocenters. The Morgan fingerprint density at radius 3 is 2.78 bits per heavy atom. The number of nitrogens with zero attached hydrogens (tertiary/aromatic N) is 2. The number of amidine groups is 1. The van der Waals surface area contributed by atoms with Crippen molar-refractivity contribution in [3.63, 3.8) is 0 Å². The molecule has 0 aliphatic carbocycles. The fourth-order valence-electron chi connectivity index (χ4n) is 2.71. The molecule has 2 fully saturated rings. The minimum atomic E-state index is -3.10.